The summed E-state index contributed by atoms with van der Waals surface area (Å²) in [6, 6.07) is 5.11. The largest absolute Gasteiger partial charge is 0.367 e. The molecule has 148 valence electrons. The lowest BCUT2D eigenvalue weighted by molar-refractivity contribution is -0.133. The molecule has 1 aliphatic heterocycles. The van der Waals surface area contributed by atoms with Crippen LogP contribution < -0.4 is 4.90 Å². The van der Waals surface area contributed by atoms with E-state index in [4.69, 9.17) is 0 Å². The van der Waals surface area contributed by atoms with Gasteiger partial charge in [0.05, 0.1) is 12.2 Å². The molecule has 0 radical (unpaired) electrons. The van der Waals surface area contributed by atoms with Crippen LogP contribution in [0.1, 0.15) is 44.0 Å². The third-order valence-corrected chi connectivity index (χ3v) is 5.30. The Bertz CT molecular complexity index is 695. The van der Waals surface area contributed by atoms with Crippen molar-refractivity contribution in [2.75, 3.05) is 44.2 Å². The van der Waals surface area contributed by atoms with E-state index in [0.29, 0.717) is 42.8 Å². The first-order valence-corrected chi connectivity index (χ1v) is 9.92. The summed E-state index contributed by atoms with van der Waals surface area (Å²) in [6.45, 7) is 9.84. The van der Waals surface area contributed by atoms with Crippen LogP contribution in [0, 0.1) is 11.7 Å². The number of hydrogen-bond acceptors (Lipinski definition) is 4. The zero-order valence-electron chi connectivity index (χ0n) is 16.6. The maximum atomic E-state index is 14.4. The van der Waals surface area contributed by atoms with Crippen LogP contribution in [0.15, 0.2) is 18.2 Å². The summed E-state index contributed by atoms with van der Waals surface area (Å²) in [4.78, 5) is 30.3. The van der Waals surface area contributed by atoms with Crippen molar-refractivity contribution in [2.45, 2.75) is 39.7 Å². The fourth-order valence-corrected chi connectivity index (χ4v) is 3.65. The summed E-state index contributed by atoms with van der Waals surface area (Å²) in [5, 5.41) is 0. The van der Waals surface area contributed by atoms with E-state index in [0.717, 1.165) is 32.5 Å². The van der Waals surface area contributed by atoms with Crippen molar-refractivity contribution >= 4 is 17.4 Å². The first kappa shape index (κ1) is 19.8. The molecule has 2 aliphatic rings. The molecule has 0 aromatic heterocycles. The maximum absolute atomic E-state index is 14.4. The number of anilines is 1. The summed E-state index contributed by atoms with van der Waals surface area (Å²) >= 11 is 0. The Balaban J connectivity index is 1.54. The molecule has 1 saturated heterocycles. The van der Waals surface area contributed by atoms with Crippen LogP contribution in [0.2, 0.25) is 0 Å². The van der Waals surface area contributed by atoms with Crippen LogP contribution in [-0.4, -0.2) is 66.8 Å². The number of piperazine rings is 1. The molecule has 6 heteroatoms. The van der Waals surface area contributed by atoms with Gasteiger partial charge in [0.15, 0.2) is 5.78 Å². The molecule has 1 heterocycles. The minimum absolute atomic E-state index is 0.134. The van der Waals surface area contributed by atoms with Crippen LogP contribution in [0.3, 0.4) is 0 Å². The minimum Gasteiger partial charge on any atom is -0.367 e. The molecule has 1 saturated carbocycles. The number of Topliss-reactive ketones (excluding diaryl/α,β-unsaturated/α-hetero) is 1. The highest BCUT2D eigenvalue weighted by atomic mass is 19.1. The van der Waals surface area contributed by atoms with Crippen molar-refractivity contribution in [1.82, 2.24) is 9.80 Å². The van der Waals surface area contributed by atoms with Gasteiger partial charge in [-0.1, -0.05) is 13.8 Å². The lowest BCUT2D eigenvalue weighted by Crippen LogP contribution is -2.51. The number of benzene rings is 1. The smallest absolute Gasteiger partial charge is 0.237 e. The van der Waals surface area contributed by atoms with E-state index in [2.05, 4.69) is 23.6 Å². The fraction of sp³-hybridized carbons (Fsp3) is 0.619. The molecule has 0 unspecified atom stereocenters. The Morgan fingerprint density at radius 3 is 2.37 bits per heavy atom. The highest BCUT2D eigenvalue weighted by Gasteiger charge is 2.33. The van der Waals surface area contributed by atoms with Crippen molar-refractivity contribution in [3.8, 4) is 0 Å². The molecule has 1 aliphatic carbocycles. The number of carbonyl (C=O) groups excluding carboxylic acids is 2. The molecule has 0 spiro atoms. The monoisotopic (exact) mass is 375 g/mol. The van der Waals surface area contributed by atoms with Crippen LogP contribution in [0.4, 0.5) is 10.1 Å². The van der Waals surface area contributed by atoms with Crippen LogP contribution in [0.5, 0.6) is 0 Å². The predicted octanol–water partition coefficient (Wildman–Crippen LogP) is 2.80. The molecule has 1 aromatic carbocycles. The quantitative estimate of drug-likeness (QED) is 0.688. The Morgan fingerprint density at radius 2 is 1.85 bits per heavy atom. The predicted molar refractivity (Wildman–Crippen MR) is 105 cm³/mol. The average molecular weight is 375 g/mol. The molecule has 5 nitrogen and oxygen atoms in total. The lowest BCUT2D eigenvalue weighted by Gasteiger charge is -2.37. The summed E-state index contributed by atoms with van der Waals surface area (Å²) in [7, 11) is 0. The van der Waals surface area contributed by atoms with Gasteiger partial charge in [0.1, 0.15) is 5.82 Å². The third kappa shape index (κ3) is 5.06. The second kappa shape index (κ2) is 8.38. The molecule has 0 atom stereocenters. The van der Waals surface area contributed by atoms with Crippen molar-refractivity contribution in [2.24, 2.45) is 5.92 Å². The highest BCUT2D eigenvalue weighted by molar-refractivity contribution is 5.94. The van der Waals surface area contributed by atoms with Crippen LogP contribution >= 0.6 is 0 Å². The third-order valence-electron chi connectivity index (χ3n) is 5.30. The molecule has 0 N–H and O–H groups in total. The minimum atomic E-state index is -0.357. The first-order chi connectivity index (χ1) is 12.8. The number of carbonyl (C=O) groups is 2. The maximum Gasteiger partial charge on any atom is 0.237 e. The number of amides is 1. The topological polar surface area (TPSA) is 43.9 Å². The summed E-state index contributed by atoms with van der Waals surface area (Å²) in [6.07, 6.45) is 2.25. The van der Waals surface area contributed by atoms with Gasteiger partial charge in [0, 0.05) is 44.3 Å². The summed E-state index contributed by atoms with van der Waals surface area (Å²) in [5.74, 6) is 0.207. The van der Waals surface area contributed by atoms with Gasteiger partial charge in [-0.05, 0) is 43.9 Å². The van der Waals surface area contributed by atoms with Crippen molar-refractivity contribution in [3.05, 3.63) is 29.6 Å². The van der Waals surface area contributed by atoms with Crippen molar-refractivity contribution in [1.29, 1.82) is 0 Å². The molecular weight excluding hydrogens is 345 g/mol. The molecule has 0 bridgehead atoms. The average Bonchev–Trinajstić information content (AvgIpc) is 3.45. The van der Waals surface area contributed by atoms with Gasteiger partial charge in [-0.3, -0.25) is 14.5 Å². The van der Waals surface area contributed by atoms with Crippen LogP contribution in [-0.2, 0) is 4.79 Å². The lowest BCUT2D eigenvalue weighted by atomic mass is 10.1. The van der Waals surface area contributed by atoms with E-state index in [9.17, 15) is 14.0 Å². The van der Waals surface area contributed by atoms with Gasteiger partial charge >= 0.3 is 0 Å². The fourth-order valence-electron chi connectivity index (χ4n) is 3.65. The van der Waals surface area contributed by atoms with Gasteiger partial charge in [0.25, 0.3) is 0 Å². The number of halogens is 1. The van der Waals surface area contributed by atoms with E-state index in [1.54, 1.807) is 12.1 Å². The second-order valence-electron chi connectivity index (χ2n) is 8.16. The Morgan fingerprint density at radius 1 is 1.19 bits per heavy atom. The molecular formula is C21H30FN3O2. The number of nitrogens with zero attached hydrogens (tertiary/aromatic N) is 3. The van der Waals surface area contributed by atoms with Crippen LogP contribution in [0.25, 0.3) is 0 Å². The Labute approximate surface area is 161 Å². The molecule has 1 amide bonds. The van der Waals surface area contributed by atoms with Gasteiger partial charge in [-0.15, -0.1) is 0 Å². The Hall–Kier alpha value is -1.95. The molecule has 27 heavy (non-hydrogen) atoms. The van der Waals surface area contributed by atoms with Gasteiger partial charge in [-0.25, -0.2) is 4.39 Å². The summed E-state index contributed by atoms with van der Waals surface area (Å²) in [5.41, 5.74) is 0.927. The number of ketones is 1. The SMILES string of the molecule is CC(=O)c1ccc(N2CCN(CC(=O)N(CC(C)C)C3CC3)CC2)c(F)c1. The van der Waals surface area contributed by atoms with E-state index in [-0.39, 0.29) is 17.5 Å². The highest BCUT2D eigenvalue weighted by Crippen LogP contribution is 2.28. The standard InChI is InChI=1S/C21H30FN3O2/c1-15(2)13-25(18-5-6-18)21(27)14-23-8-10-24(11-9-23)20-7-4-17(16(3)26)12-19(20)22/h4,7,12,15,18H,5-6,8-11,13-14H2,1-3H3. The molecule has 2 fully saturated rings. The Kier molecular flexibility index (Phi) is 6.15. The summed E-state index contributed by atoms with van der Waals surface area (Å²) < 4.78 is 14.4. The van der Waals surface area contributed by atoms with E-state index in [1.807, 2.05) is 4.90 Å². The zero-order chi connectivity index (χ0) is 19.6. The zero-order valence-corrected chi connectivity index (χ0v) is 16.6. The van der Waals surface area contributed by atoms with Gasteiger partial charge in [0.2, 0.25) is 5.91 Å². The van der Waals surface area contributed by atoms with E-state index >= 15 is 0 Å². The second-order valence-corrected chi connectivity index (χ2v) is 8.16. The van der Waals surface area contributed by atoms with E-state index in [1.165, 1.54) is 13.0 Å². The van der Waals surface area contributed by atoms with Gasteiger partial charge in [-0.2, -0.15) is 0 Å². The van der Waals surface area contributed by atoms with E-state index < -0.39 is 0 Å². The number of hydrogen-bond donors (Lipinski definition) is 0. The molecule has 1 aromatic rings. The normalized spacial score (nSPS) is 18.0. The molecule has 3 rings (SSSR count). The van der Waals surface area contributed by atoms with Crippen molar-refractivity contribution in [3.63, 3.8) is 0 Å². The number of rotatable bonds is 7. The van der Waals surface area contributed by atoms with Gasteiger partial charge < -0.3 is 9.80 Å². The first-order valence-electron chi connectivity index (χ1n) is 9.92. The van der Waals surface area contributed by atoms with Crippen molar-refractivity contribution < 1.29 is 14.0 Å².